The van der Waals surface area contributed by atoms with E-state index in [-0.39, 0.29) is 11.6 Å². The van der Waals surface area contributed by atoms with E-state index in [1.165, 1.54) is 42.6 Å². The number of carbonyl (C=O) groups excluding carboxylic acids is 1. The van der Waals surface area contributed by atoms with Crippen LogP contribution < -0.4 is 5.43 Å². The Kier molecular flexibility index (Phi) is 5.52. The Bertz CT molecular complexity index is 982. The van der Waals surface area contributed by atoms with Crippen molar-refractivity contribution in [1.82, 2.24) is 15.2 Å². The van der Waals surface area contributed by atoms with Crippen LogP contribution in [0.4, 0.5) is 4.39 Å². The molecule has 1 amide bonds. The zero-order valence-electron chi connectivity index (χ0n) is 14.4. The monoisotopic (exact) mass is 386 g/mol. The molecule has 8 heteroatoms. The van der Waals surface area contributed by atoms with Crippen LogP contribution in [0.15, 0.2) is 53.6 Å². The van der Waals surface area contributed by atoms with E-state index in [1.807, 2.05) is 0 Å². The molecule has 0 aliphatic heterocycles. The maximum absolute atomic E-state index is 13.0. The van der Waals surface area contributed by atoms with Crippen molar-refractivity contribution in [2.75, 3.05) is 0 Å². The molecule has 0 radical (unpaired) electrons. The third-order valence-corrected chi connectivity index (χ3v) is 4.24. The van der Waals surface area contributed by atoms with Gasteiger partial charge in [-0.05, 0) is 48.9 Å². The predicted molar refractivity (Wildman–Crippen MR) is 101 cm³/mol. The van der Waals surface area contributed by atoms with Crippen molar-refractivity contribution in [3.05, 3.63) is 81.9 Å². The second-order valence-electron chi connectivity index (χ2n) is 5.82. The molecule has 0 aliphatic carbocycles. The molecule has 27 heavy (non-hydrogen) atoms. The summed E-state index contributed by atoms with van der Waals surface area (Å²) in [5.74, 6) is -0.650. The van der Waals surface area contributed by atoms with E-state index in [4.69, 9.17) is 11.6 Å². The summed E-state index contributed by atoms with van der Waals surface area (Å²) >= 11 is 6.36. The Labute approximate surface area is 159 Å². The highest BCUT2D eigenvalue weighted by molar-refractivity contribution is 6.32. The topological polar surface area (TPSA) is 79.5 Å². The molecule has 3 rings (SSSR count). The van der Waals surface area contributed by atoms with Gasteiger partial charge in [-0.1, -0.05) is 23.7 Å². The fourth-order valence-corrected chi connectivity index (χ4v) is 2.70. The normalized spacial score (nSPS) is 11.1. The quantitative estimate of drug-likeness (QED) is 0.520. The largest absolute Gasteiger partial charge is 0.508 e. The molecule has 0 saturated carbocycles. The van der Waals surface area contributed by atoms with Crippen LogP contribution in [0.3, 0.4) is 0 Å². The number of hydrogen-bond donors (Lipinski definition) is 2. The lowest BCUT2D eigenvalue weighted by atomic mass is 10.2. The maximum Gasteiger partial charge on any atom is 0.271 e. The first-order valence-electron chi connectivity index (χ1n) is 8.04. The van der Waals surface area contributed by atoms with Crippen molar-refractivity contribution in [1.29, 1.82) is 0 Å². The molecule has 1 aromatic heterocycles. The van der Waals surface area contributed by atoms with Crippen LogP contribution in [0.1, 0.15) is 27.2 Å². The molecule has 6 nitrogen and oxygen atoms in total. The van der Waals surface area contributed by atoms with Gasteiger partial charge >= 0.3 is 0 Å². The van der Waals surface area contributed by atoms with E-state index >= 15 is 0 Å². The molecular weight excluding hydrogens is 371 g/mol. The van der Waals surface area contributed by atoms with Gasteiger partial charge < -0.3 is 5.11 Å². The van der Waals surface area contributed by atoms with Crippen molar-refractivity contribution in [3.8, 4) is 5.75 Å². The van der Waals surface area contributed by atoms with Crippen molar-refractivity contribution >= 4 is 23.7 Å². The van der Waals surface area contributed by atoms with Gasteiger partial charge in [0.05, 0.1) is 24.0 Å². The first-order valence-corrected chi connectivity index (χ1v) is 8.41. The minimum atomic E-state index is -0.418. The molecule has 0 bridgehead atoms. The average molecular weight is 387 g/mol. The number of halogens is 2. The Morgan fingerprint density at radius 2 is 1.93 bits per heavy atom. The van der Waals surface area contributed by atoms with Crippen LogP contribution >= 0.6 is 11.6 Å². The SMILES string of the molecule is Cc1nn(Cc2ccc(F)cc2)c(Cl)c1C=NNC(=O)c1ccc(O)cc1. The molecule has 0 atom stereocenters. The Morgan fingerprint density at radius 1 is 1.26 bits per heavy atom. The molecular formula is C19H16ClFN4O2. The number of nitrogens with zero attached hydrogens (tertiary/aromatic N) is 3. The number of aromatic hydroxyl groups is 1. The molecule has 1 heterocycles. The molecule has 0 aliphatic rings. The maximum atomic E-state index is 13.0. The van der Waals surface area contributed by atoms with Crippen LogP contribution in [-0.2, 0) is 6.54 Å². The summed E-state index contributed by atoms with van der Waals surface area (Å²) in [4.78, 5) is 12.0. The summed E-state index contributed by atoms with van der Waals surface area (Å²) in [7, 11) is 0. The number of aryl methyl sites for hydroxylation is 1. The lowest BCUT2D eigenvalue weighted by molar-refractivity contribution is 0.0955. The molecule has 138 valence electrons. The number of hydrogen-bond acceptors (Lipinski definition) is 4. The summed E-state index contributed by atoms with van der Waals surface area (Å²) in [6.45, 7) is 2.16. The van der Waals surface area contributed by atoms with Crippen LogP contribution in [0.25, 0.3) is 0 Å². The minimum absolute atomic E-state index is 0.0750. The highest BCUT2D eigenvalue weighted by Crippen LogP contribution is 2.19. The third-order valence-electron chi connectivity index (χ3n) is 3.84. The molecule has 2 aromatic carbocycles. The number of amides is 1. The number of carbonyl (C=O) groups is 1. The molecule has 2 N–H and O–H groups in total. The van der Waals surface area contributed by atoms with E-state index < -0.39 is 5.91 Å². The zero-order chi connectivity index (χ0) is 19.4. The summed E-state index contributed by atoms with van der Waals surface area (Å²) in [5, 5.41) is 17.9. The fraction of sp³-hybridized carbons (Fsp3) is 0.105. The van der Waals surface area contributed by atoms with Gasteiger partial charge in [-0.3, -0.25) is 4.79 Å². The van der Waals surface area contributed by atoms with Crippen LogP contribution in [0.5, 0.6) is 5.75 Å². The van der Waals surface area contributed by atoms with Gasteiger partial charge in [-0.2, -0.15) is 10.2 Å². The van der Waals surface area contributed by atoms with Crippen LogP contribution in [0.2, 0.25) is 5.15 Å². The highest BCUT2D eigenvalue weighted by atomic mass is 35.5. The van der Waals surface area contributed by atoms with Gasteiger partial charge in [0.1, 0.15) is 16.7 Å². The number of rotatable bonds is 5. The fourth-order valence-electron chi connectivity index (χ4n) is 2.41. The van der Waals surface area contributed by atoms with Gasteiger partial charge in [-0.25, -0.2) is 14.5 Å². The van der Waals surface area contributed by atoms with Crippen molar-refractivity contribution in [2.45, 2.75) is 13.5 Å². The van der Waals surface area contributed by atoms with E-state index in [9.17, 15) is 14.3 Å². The molecule has 0 saturated heterocycles. The van der Waals surface area contributed by atoms with E-state index in [0.717, 1.165) is 5.56 Å². The predicted octanol–water partition coefficient (Wildman–Crippen LogP) is 3.50. The van der Waals surface area contributed by atoms with Gasteiger partial charge in [0.2, 0.25) is 0 Å². The molecule has 0 fully saturated rings. The van der Waals surface area contributed by atoms with Crippen molar-refractivity contribution in [3.63, 3.8) is 0 Å². The first kappa shape index (κ1) is 18.6. The molecule has 3 aromatic rings. The lowest BCUT2D eigenvalue weighted by Crippen LogP contribution is -2.17. The van der Waals surface area contributed by atoms with Gasteiger partial charge in [0, 0.05) is 5.56 Å². The lowest BCUT2D eigenvalue weighted by Gasteiger charge is -2.03. The Balaban J connectivity index is 1.70. The Morgan fingerprint density at radius 3 is 2.59 bits per heavy atom. The van der Waals surface area contributed by atoms with E-state index in [0.29, 0.717) is 28.5 Å². The number of aromatic nitrogens is 2. The van der Waals surface area contributed by atoms with Gasteiger partial charge in [0.25, 0.3) is 5.91 Å². The highest BCUT2D eigenvalue weighted by Gasteiger charge is 2.12. The van der Waals surface area contributed by atoms with Gasteiger partial charge in [-0.15, -0.1) is 0 Å². The first-order chi connectivity index (χ1) is 12.9. The smallest absolute Gasteiger partial charge is 0.271 e. The number of phenols is 1. The van der Waals surface area contributed by atoms with Crippen LogP contribution in [0, 0.1) is 12.7 Å². The van der Waals surface area contributed by atoms with Crippen molar-refractivity contribution in [2.24, 2.45) is 5.10 Å². The van der Waals surface area contributed by atoms with E-state index in [2.05, 4.69) is 15.6 Å². The summed E-state index contributed by atoms with van der Waals surface area (Å²) in [5.41, 5.74) is 4.83. The third kappa shape index (κ3) is 4.51. The summed E-state index contributed by atoms with van der Waals surface area (Å²) in [6, 6.07) is 11.9. The summed E-state index contributed by atoms with van der Waals surface area (Å²) < 4.78 is 14.6. The minimum Gasteiger partial charge on any atom is -0.508 e. The summed E-state index contributed by atoms with van der Waals surface area (Å²) in [6.07, 6.45) is 1.42. The molecule has 0 unspecified atom stereocenters. The standard InChI is InChI=1S/C19H16ClFN4O2/c1-12-17(10-22-23-19(27)14-4-8-16(26)9-5-14)18(20)25(24-12)11-13-2-6-15(21)7-3-13/h2-10,26H,11H2,1H3,(H,23,27). The molecule has 0 spiro atoms. The second-order valence-corrected chi connectivity index (χ2v) is 6.18. The second kappa shape index (κ2) is 8.01. The average Bonchev–Trinajstić information content (AvgIpc) is 2.91. The number of benzene rings is 2. The Hall–Kier alpha value is -3.19. The van der Waals surface area contributed by atoms with E-state index in [1.54, 1.807) is 23.7 Å². The van der Waals surface area contributed by atoms with Crippen molar-refractivity contribution < 1.29 is 14.3 Å². The number of nitrogens with one attached hydrogen (secondary N) is 1. The zero-order valence-corrected chi connectivity index (χ0v) is 15.1. The van der Waals surface area contributed by atoms with Gasteiger partial charge in [0.15, 0.2) is 0 Å². The number of phenolic OH excluding ortho intramolecular Hbond substituents is 1. The van der Waals surface area contributed by atoms with Crippen LogP contribution in [-0.4, -0.2) is 27.0 Å². The number of hydrazone groups is 1.